The van der Waals surface area contributed by atoms with Crippen LogP contribution in [0.3, 0.4) is 0 Å². The molecule has 2 rings (SSSR count). The second kappa shape index (κ2) is 6.58. The molecule has 18 heavy (non-hydrogen) atoms. The molecule has 0 aliphatic heterocycles. The van der Waals surface area contributed by atoms with Crippen molar-refractivity contribution in [2.24, 2.45) is 11.8 Å². The van der Waals surface area contributed by atoms with Gasteiger partial charge >= 0.3 is 0 Å². The van der Waals surface area contributed by atoms with E-state index in [9.17, 15) is 0 Å². The standard InChI is InChI=1S/C16H24ClN/c1-12-5-3-4-6-15(12)11-18-10-14-8-7-13(2)16(17)9-14/h7-9,12,15,18H,3-6,10-11H2,1-2H3. The number of hydrogen-bond donors (Lipinski definition) is 1. The highest BCUT2D eigenvalue weighted by molar-refractivity contribution is 6.31. The Bertz CT molecular complexity index is 389. The maximum Gasteiger partial charge on any atom is 0.0438 e. The van der Waals surface area contributed by atoms with E-state index < -0.39 is 0 Å². The molecule has 1 fully saturated rings. The summed E-state index contributed by atoms with van der Waals surface area (Å²) in [6.07, 6.45) is 5.63. The third-order valence-electron chi connectivity index (χ3n) is 4.26. The summed E-state index contributed by atoms with van der Waals surface area (Å²) in [5.74, 6) is 1.74. The average molecular weight is 266 g/mol. The Morgan fingerprint density at radius 2 is 2.06 bits per heavy atom. The van der Waals surface area contributed by atoms with Crippen molar-refractivity contribution in [3.8, 4) is 0 Å². The molecule has 1 saturated carbocycles. The molecule has 0 radical (unpaired) electrons. The Hall–Kier alpha value is -0.530. The van der Waals surface area contributed by atoms with E-state index in [1.165, 1.54) is 31.2 Å². The van der Waals surface area contributed by atoms with Crippen molar-refractivity contribution in [3.63, 3.8) is 0 Å². The fraction of sp³-hybridized carbons (Fsp3) is 0.625. The summed E-state index contributed by atoms with van der Waals surface area (Å²) in [6, 6.07) is 6.34. The molecule has 2 unspecified atom stereocenters. The Labute approximate surface area is 116 Å². The van der Waals surface area contributed by atoms with Gasteiger partial charge in [0.1, 0.15) is 0 Å². The van der Waals surface area contributed by atoms with Gasteiger partial charge in [0, 0.05) is 11.6 Å². The number of rotatable bonds is 4. The van der Waals surface area contributed by atoms with Crippen LogP contribution in [0.2, 0.25) is 5.02 Å². The van der Waals surface area contributed by atoms with Crippen LogP contribution in [0.25, 0.3) is 0 Å². The molecular weight excluding hydrogens is 242 g/mol. The maximum absolute atomic E-state index is 6.14. The zero-order valence-electron chi connectivity index (χ0n) is 11.5. The molecule has 0 heterocycles. The minimum atomic E-state index is 0.861. The summed E-state index contributed by atoms with van der Waals surface area (Å²) in [4.78, 5) is 0. The van der Waals surface area contributed by atoms with Crippen LogP contribution >= 0.6 is 11.6 Å². The fourth-order valence-corrected chi connectivity index (χ4v) is 3.05. The van der Waals surface area contributed by atoms with E-state index in [0.717, 1.165) is 35.5 Å². The van der Waals surface area contributed by atoms with Gasteiger partial charge in [-0.05, 0) is 48.9 Å². The predicted molar refractivity (Wildman–Crippen MR) is 79.0 cm³/mol. The molecule has 2 atom stereocenters. The third kappa shape index (κ3) is 3.73. The molecule has 1 aliphatic rings. The molecule has 1 N–H and O–H groups in total. The van der Waals surface area contributed by atoms with E-state index >= 15 is 0 Å². The van der Waals surface area contributed by atoms with Crippen molar-refractivity contribution < 1.29 is 0 Å². The molecule has 0 spiro atoms. The van der Waals surface area contributed by atoms with E-state index in [4.69, 9.17) is 11.6 Å². The van der Waals surface area contributed by atoms with Crippen LogP contribution in [0, 0.1) is 18.8 Å². The minimum Gasteiger partial charge on any atom is -0.312 e. The van der Waals surface area contributed by atoms with Crippen molar-refractivity contribution in [3.05, 3.63) is 34.3 Å². The van der Waals surface area contributed by atoms with Gasteiger partial charge in [0.05, 0.1) is 0 Å². The normalized spacial score (nSPS) is 24.2. The lowest BCUT2D eigenvalue weighted by Crippen LogP contribution is -2.29. The number of nitrogens with one attached hydrogen (secondary N) is 1. The predicted octanol–water partition coefficient (Wildman–Crippen LogP) is 4.56. The topological polar surface area (TPSA) is 12.0 Å². The number of aryl methyl sites for hydroxylation is 1. The zero-order valence-corrected chi connectivity index (χ0v) is 12.3. The lowest BCUT2D eigenvalue weighted by Gasteiger charge is -2.28. The first-order valence-corrected chi connectivity index (χ1v) is 7.50. The molecule has 0 amide bonds. The molecule has 1 aliphatic carbocycles. The molecule has 0 aromatic heterocycles. The third-order valence-corrected chi connectivity index (χ3v) is 4.67. The second-order valence-electron chi connectivity index (χ2n) is 5.74. The van der Waals surface area contributed by atoms with Gasteiger partial charge in [0.15, 0.2) is 0 Å². The number of hydrogen-bond acceptors (Lipinski definition) is 1. The van der Waals surface area contributed by atoms with Crippen LogP contribution in [-0.2, 0) is 6.54 Å². The van der Waals surface area contributed by atoms with Crippen LogP contribution in [0.4, 0.5) is 0 Å². The monoisotopic (exact) mass is 265 g/mol. The molecule has 0 saturated heterocycles. The van der Waals surface area contributed by atoms with Crippen LogP contribution in [0.1, 0.15) is 43.7 Å². The molecule has 1 aromatic carbocycles. The largest absolute Gasteiger partial charge is 0.312 e. The fourth-order valence-electron chi connectivity index (χ4n) is 2.84. The highest BCUT2D eigenvalue weighted by atomic mass is 35.5. The Morgan fingerprint density at radius 3 is 2.78 bits per heavy atom. The smallest absolute Gasteiger partial charge is 0.0438 e. The van der Waals surface area contributed by atoms with Crippen molar-refractivity contribution in [1.82, 2.24) is 5.32 Å². The van der Waals surface area contributed by atoms with Crippen molar-refractivity contribution in [1.29, 1.82) is 0 Å². The first-order chi connectivity index (χ1) is 8.66. The van der Waals surface area contributed by atoms with E-state index in [1.54, 1.807) is 0 Å². The van der Waals surface area contributed by atoms with E-state index in [-0.39, 0.29) is 0 Å². The first-order valence-electron chi connectivity index (χ1n) is 7.12. The second-order valence-corrected chi connectivity index (χ2v) is 6.14. The molecule has 100 valence electrons. The summed E-state index contributed by atoms with van der Waals surface area (Å²) in [7, 11) is 0. The number of benzene rings is 1. The molecule has 0 bridgehead atoms. The van der Waals surface area contributed by atoms with E-state index in [1.807, 2.05) is 6.92 Å². The van der Waals surface area contributed by atoms with Crippen LogP contribution in [-0.4, -0.2) is 6.54 Å². The number of halogens is 1. The van der Waals surface area contributed by atoms with Crippen molar-refractivity contribution in [2.45, 2.75) is 46.1 Å². The summed E-state index contributed by atoms with van der Waals surface area (Å²) in [5, 5.41) is 4.47. The van der Waals surface area contributed by atoms with Gasteiger partial charge in [0.25, 0.3) is 0 Å². The van der Waals surface area contributed by atoms with Gasteiger partial charge in [-0.2, -0.15) is 0 Å². The summed E-state index contributed by atoms with van der Waals surface area (Å²) in [5.41, 5.74) is 2.44. The van der Waals surface area contributed by atoms with Crippen molar-refractivity contribution in [2.75, 3.05) is 6.54 Å². The summed E-state index contributed by atoms with van der Waals surface area (Å²) in [6.45, 7) is 6.52. The Morgan fingerprint density at radius 1 is 1.28 bits per heavy atom. The SMILES string of the molecule is Cc1ccc(CNCC2CCCCC2C)cc1Cl. The van der Waals surface area contributed by atoms with Gasteiger partial charge in [-0.1, -0.05) is 49.9 Å². The minimum absolute atomic E-state index is 0.861. The Balaban J connectivity index is 1.79. The van der Waals surface area contributed by atoms with Gasteiger partial charge < -0.3 is 5.32 Å². The molecular formula is C16H24ClN. The highest BCUT2D eigenvalue weighted by Gasteiger charge is 2.20. The van der Waals surface area contributed by atoms with E-state index in [2.05, 4.69) is 30.4 Å². The zero-order chi connectivity index (χ0) is 13.0. The molecule has 1 nitrogen and oxygen atoms in total. The summed E-state index contributed by atoms with van der Waals surface area (Å²) < 4.78 is 0. The maximum atomic E-state index is 6.14. The van der Waals surface area contributed by atoms with Crippen LogP contribution in [0.5, 0.6) is 0 Å². The lowest BCUT2D eigenvalue weighted by atomic mass is 9.80. The lowest BCUT2D eigenvalue weighted by molar-refractivity contribution is 0.247. The molecule has 1 aromatic rings. The average Bonchev–Trinajstić information content (AvgIpc) is 2.36. The van der Waals surface area contributed by atoms with Gasteiger partial charge in [-0.25, -0.2) is 0 Å². The van der Waals surface area contributed by atoms with Crippen molar-refractivity contribution >= 4 is 11.6 Å². The first kappa shape index (κ1) is 13.9. The summed E-state index contributed by atoms with van der Waals surface area (Å²) >= 11 is 6.14. The van der Waals surface area contributed by atoms with Crippen LogP contribution in [0.15, 0.2) is 18.2 Å². The quantitative estimate of drug-likeness (QED) is 0.841. The van der Waals surface area contributed by atoms with Gasteiger partial charge in [0.2, 0.25) is 0 Å². The van der Waals surface area contributed by atoms with Gasteiger partial charge in [-0.15, -0.1) is 0 Å². The highest BCUT2D eigenvalue weighted by Crippen LogP contribution is 2.28. The Kier molecular flexibility index (Phi) is 5.08. The van der Waals surface area contributed by atoms with Gasteiger partial charge in [-0.3, -0.25) is 0 Å². The van der Waals surface area contributed by atoms with Crippen LogP contribution < -0.4 is 5.32 Å². The van der Waals surface area contributed by atoms with E-state index in [0.29, 0.717) is 0 Å². The molecule has 2 heteroatoms.